The maximum Gasteiger partial charge on any atom is 0.320 e. The van der Waals surface area contributed by atoms with E-state index in [0.717, 1.165) is 5.56 Å². The number of esters is 3. The number of aliphatic carboxylic acids is 1. The van der Waals surface area contributed by atoms with Crippen molar-refractivity contribution >= 4 is 23.9 Å². The predicted molar refractivity (Wildman–Crippen MR) is 175 cm³/mol. The number of methoxy groups -OCH3 is 3. The number of nitroso groups, excluding NO2 is 1. The third-order valence-corrected chi connectivity index (χ3v) is 8.03. The Morgan fingerprint density at radius 2 is 1.21 bits per heavy atom. The van der Waals surface area contributed by atoms with E-state index in [1.165, 1.54) is 21.3 Å². The molecule has 1 unspecified atom stereocenters. The molecular formula is C32H51N5O11. The molecule has 0 aliphatic carbocycles. The van der Waals surface area contributed by atoms with Gasteiger partial charge in [-0.25, -0.2) is 0 Å². The summed E-state index contributed by atoms with van der Waals surface area (Å²) >= 11 is 0. The molecule has 0 aromatic heterocycles. The summed E-state index contributed by atoms with van der Waals surface area (Å²) in [5.41, 5.74) is 1.04. The molecule has 16 heteroatoms. The van der Waals surface area contributed by atoms with Crippen molar-refractivity contribution in [3.63, 3.8) is 0 Å². The van der Waals surface area contributed by atoms with Gasteiger partial charge in [-0.1, -0.05) is 17.3 Å². The first-order valence-electron chi connectivity index (χ1n) is 16.1. The molecule has 16 nitrogen and oxygen atoms in total. The first kappa shape index (κ1) is 40.5. The van der Waals surface area contributed by atoms with E-state index in [2.05, 4.69) is 5.18 Å². The Balaban J connectivity index is 2.11. The quantitative estimate of drug-likeness (QED) is 0.0916. The van der Waals surface area contributed by atoms with E-state index in [1.54, 1.807) is 0 Å². The van der Waals surface area contributed by atoms with Gasteiger partial charge < -0.3 is 28.8 Å². The van der Waals surface area contributed by atoms with Gasteiger partial charge in [0.05, 0.1) is 54.2 Å². The highest BCUT2D eigenvalue weighted by Crippen LogP contribution is 2.17. The molecule has 1 fully saturated rings. The normalized spacial score (nSPS) is 16.6. The topological polar surface area (TPSA) is 177 Å². The standard InChI is InChI=1S/C32H51N5O11/c1-44-29(38)23-34-12-14-35(24-30(39)45-2)16-18-37(19-17-36(15-13-34)25-31(40)46-3)28(32(41)42)6-4-5-26-7-9-27(10-8-26)48-22-21-47-20-11-33-43/h7-10,28H,4-6,11-25H2,1-3H3,(H,41,42). The van der Waals surface area contributed by atoms with Crippen LogP contribution >= 0.6 is 0 Å². The van der Waals surface area contributed by atoms with Gasteiger partial charge in [0.2, 0.25) is 0 Å². The monoisotopic (exact) mass is 681 g/mol. The molecule has 1 aliphatic heterocycles. The zero-order valence-electron chi connectivity index (χ0n) is 28.4. The van der Waals surface area contributed by atoms with Crippen LogP contribution in [0.1, 0.15) is 18.4 Å². The van der Waals surface area contributed by atoms with Gasteiger partial charge in [-0.05, 0) is 37.0 Å². The van der Waals surface area contributed by atoms with Crippen LogP contribution in [0.25, 0.3) is 0 Å². The van der Waals surface area contributed by atoms with Crippen LogP contribution in [0.5, 0.6) is 5.75 Å². The summed E-state index contributed by atoms with van der Waals surface area (Å²) in [6, 6.07) is 6.80. The molecule has 0 saturated carbocycles. The van der Waals surface area contributed by atoms with Crippen LogP contribution in [0.2, 0.25) is 0 Å². The summed E-state index contributed by atoms with van der Waals surface area (Å²) in [6.45, 7) is 4.39. The second kappa shape index (κ2) is 23.6. The van der Waals surface area contributed by atoms with Crippen molar-refractivity contribution in [1.29, 1.82) is 0 Å². The van der Waals surface area contributed by atoms with Crippen molar-refractivity contribution in [1.82, 2.24) is 19.6 Å². The number of carboxylic acids is 1. The second-order valence-electron chi connectivity index (χ2n) is 11.3. The molecule has 0 bridgehead atoms. The van der Waals surface area contributed by atoms with Crippen molar-refractivity contribution in [2.75, 3.05) is 120 Å². The molecule has 1 heterocycles. The fraction of sp³-hybridized carbons (Fsp3) is 0.688. The van der Waals surface area contributed by atoms with E-state index in [0.29, 0.717) is 90.6 Å². The van der Waals surface area contributed by atoms with E-state index in [1.807, 2.05) is 43.9 Å². The maximum absolute atomic E-state index is 12.6. The number of hydrogen-bond donors (Lipinski definition) is 1. The van der Waals surface area contributed by atoms with Crippen LogP contribution in [0.4, 0.5) is 0 Å². The third-order valence-electron chi connectivity index (χ3n) is 8.03. The first-order valence-corrected chi connectivity index (χ1v) is 16.1. The lowest BCUT2D eigenvalue weighted by Gasteiger charge is -2.35. The maximum atomic E-state index is 12.6. The molecule has 1 saturated heterocycles. The van der Waals surface area contributed by atoms with Gasteiger partial charge in [0.1, 0.15) is 24.9 Å². The molecule has 48 heavy (non-hydrogen) atoms. The summed E-state index contributed by atoms with van der Waals surface area (Å²) in [6.07, 6.45) is 1.67. The summed E-state index contributed by atoms with van der Waals surface area (Å²) in [7, 11) is 3.96. The van der Waals surface area contributed by atoms with E-state index < -0.39 is 29.9 Å². The molecule has 1 atom stereocenters. The lowest BCUT2D eigenvalue weighted by atomic mass is 10.0. The van der Waals surface area contributed by atoms with Crippen LogP contribution in [0.3, 0.4) is 0 Å². The van der Waals surface area contributed by atoms with Crippen molar-refractivity contribution in [2.45, 2.75) is 25.3 Å². The molecule has 1 aromatic carbocycles. The van der Waals surface area contributed by atoms with Crippen molar-refractivity contribution < 1.29 is 48.0 Å². The SMILES string of the molecule is COC(=O)CN1CCN(CC(=O)OC)CCN(C(CCCc2ccc(OCCOCCN=O)cc2)C(=O)O)CCN(CC(=O)OC)CC1. The van der Waals surface area contributed by atoms with E-state index >= 15 is 0 Å². The number of carbonyl (C=O) groups excluding carboxylic acids is 3. The average Bonchev–Trinajstić information content (AvgIpc) is 3.08. The highest BCUT2D eigenvalue weighted by molar-refractivity contribution is 5.73. The van der Waals surface area contributed by atoms with Crippen LogP contribution in [-0.2, 0) is 44.5 Å². The number of carbonyl (C=O) groups is 4. The molecule has 1 aromatic rings. The van der Waals surface area contributed by atoms with Crippen LogP contribution < -0.4 is 4.74 Å². The van der Waals surface area contributed by atoms with Crippen molar-refractivity contribution in [2.24, 2.45) is 5.18 Å². The van der Waals surface area contributed by atoms with Gasteiger partial charge in [0.15, 0.2) is 0 Å². The molecule has 0 amide bonds. The van der Waals surface area contributed by atoms with Gasteiger partial charge in [-0.3, -0.25) is 38.8 Å². The highest BCUT2D eigenvalue weighted by Gasteiger charge is 2.28. The van der Waals surface area contributed by atoms with E-state index in [-0.39, 0.29) is 32.8 Å². The zero-order valence-corrected chi connectivity index (χ0v) is 28.4. The molecule has 1 aliphatic rings. The fourth-order valence-electron chi connectivity index (χ4n) is 5.22. The first-order chi connectivity index (χ1) is 23.2. The number of benzene rings is 1. The largest absolute Gasteiger partial charge is 0.491 e. The Morgan fingerprint density at radius 3 is 1.65 bits per heavy atom. The van der Waals surface area contributed by atoms with Crippen LogP contribution in [0.15, 0.2) is 29.4 Å². The Bertz CT molecular complexity index is 1090. The minimum absolute atomic E-state index is 0.0208. The predicted octanol–water partition coefficient (Wildman–Crippen LogP) is 0.365. The molecule has 270 valence electrons. The van der Waals surface area contributed by atoms with E-state index in [9.17, 15) is 29.2 Å². The van der Waals surface area contributed by atoms with Gasteiger partial charge >= 0.3 is 23.9 Å². The minimum atomic E-state index is -0.944. The lowest BCUT2D eigenvalue weighted by Crippen LogP contribution is -2.52. The number of nitrogens with zero attached hydrogens (tertiary/aromatic N) is 5. The van der Waals surface area contributed by atoms with Crippen LogP contribution in [-0.4, -0.2) is 174 Å². The number of rotatable bonds is 19. The fourth-order valence-corrected chi connectivity index (χ4v) is 5.22. The van der Waals surface area contributed by atoms with Crippen molar-refractivity contribution in [3.8, 4) is 5.75 Å². The van der Waals surface area contributed by atoms with Crippen molar-refractivity contribution in [3.05, 3.63) is 34.7 Å². The average molecular weight is 682 g/mol. The summed E-state index contributed by atoms with van der Waals surface area (Å²) in [5, 5.41) is 13.1. The molecule has 2 rings (SSSR count). The molecule has 1 N–H and O–H groups in total. The molecular weight excluding hydrogens is 630 g/mol. The van der Waals surface area contributed by atoms with Gasteiger partial charge in [-0.15, -0.1) is 0 Å². The number of hydrogen-bond acceptors (Lipinski definition) is 15. The number of aryl methyl sites for hydroxylation is 1. The van der Waals surface area contributed by atoms with Gasteiger partial charge in [-0.2, -0.15) is 4.91 Å². The minimum Gasteiger partial charge on any atom is -0.491 e. The summed E-state index contributed by atoms with van der Waals surface area (Å²) < 4.78 is 25.6. The van der Waals surface area contributed by atoms with Gasteiger partial charge in [0.25, 0.3) is 0 Å². The smallest absolute Gasteiger partial charge is 0.320 e. The number of carboxylic acid groups (broad SMARTS) is 1. The Kier molecular flexibility index (Phi) is 19.9. The van der Waals surface area contributed by atoms with E-state index in [4.69, 9.17) is 23.7 Å². The Hall–Kier alpha value is -3.70. The number of ether oxygens (including phenoxy) is 5. The molecule has 0 radical (unpaired) electrons. The van der Waals surface area contributed by atoms with Gasteiger partial charge in [0, 0.05) is 52.4 Å². The summed E-state index contributed by atoms with van der Waals surface area (Å²) in [5.74, 6) is -1.48. The second-order valence-corrected chi connectivity index (χ2v) is 11.3. The van der Waals surface area contributed by atoms with Crippen LogP contribution in [0, 0.1) is 4.91 Å². The Morgan fingerprint density at radius 1 is 0.729 bits per heavy atom. The Labute approximate surface area is 282 Å². The summed E-state index contributed by atoms with van der Waals surface area (Å²) in [4.78, 5) is 66.8. The zero-order chi connectivity index (χ0) is 35.1. The lowest BCUT2D eigenvalue weighted by molar-refractivity contribution is -0.146. The molecule has 0 spiro atoms. The third kappa shape index (κ3) is 16.4. The highest BCUT2D eigenvalue weighted by atomic mass is 16.5.